The number of carbonyl (C=O) groups is 1. The molecule has 1 heterocycles. The van der Waals surface area contributed by atoms with Crippen molar-refractivity contribution in [2.75, 3.05) is 17.7 Å². The van der Waals surface area contributed by atoms with Crippen LogP contribution in [0.4, 0.5) is 9.52 Å². The number of aliphatic carboxylic acids is 1. The Morgan fingerprint density at radius 3 is 2.86 bits per heavy atom. The molecule has 2 aromatic rings. The first-order valence-electron chi connectivity index (χ1n) is 6.14. The van der Waals surface area contributed by atoms with Crippen molar-refractivity contribution in [3.8, 4) is 0 Å². The van der Waals surface area contributed by atoms with E-state index in [0.717, 1.165) is 11.8 Å². The maximum atomic E-state index is 13.8. The lowest BCUT2D eigenvalue weighted by atomic mass is 10.1. The molecule has 0 amide bonds. The monoisotopic (exact) mass is 327 g/mol. The van der Waals surface area contributed by atoms with Crippen LogP contribution >= 0.6 is 23.1 Å². The quantitative estimate of drug-likeness (QED) is 0.823. The molecule has 0 aliphatic heterocycles. The highest BCUT2D eigenvalue weighted by Crippen LogP contribution is 2.32. The number of nitrogens with zero attached hydrogens (tertiary/aromatic N) is 3. The Morgan fingerprint density at radius 1 is 1.48 bits per heavy atom. The minimum Gasteiger partial charge on any atom is -0.481 e. The van der Waals surface area contributed by atoms with Gasteiger partial charge >= 0.3 is 5.97 Å². The van der Waals surface area contributed by atoms with Gasteiger partial charge in [-0.3, -0.25) is 4.79 Å². The van der Waals surface area contributed by atoms with Crippen molar-refractivity contribution in [1.82, 2.24) is 10.2 Å². The van der Waals surface area contributed by atoms with Crippen LogP contribution in [-0.4, -0.2) is 34.1 Å². The molecular weight excluding hydrogens is 313 g/mol. The van der Waals surface area contributed by atoms with Gasteiger partial charge in [0.05, 0.1) is 11.8 Å². The molecule has 21 heavy (non-hydrogen) atoms. The number of thioether (sulfide) groups is 1. The van der Waals surface area contributed by atoms with Gasteiger partial charge in [0.25, 0.3) is 0 Å². The molecule has 0 saturated heterocycles. The topological polar surface area (TPSA) is 66.3 Å². The zero-order valence-corrected chi connectivity index (χ0v) is 13.1. The average Bonchev–Trinajstić information content (AvgIpc) is 2.93. The van der Waals surface area contributed by atoms with Crippen molar-refractivity contribution < 1.29 is 14.3 Å². The average molecular weight is 327 g/mol. The first-order valence-corrected chi connectivity index (χ1v) is 7.94. The van der Waals surface area contributed by atoms with Crippen LogP contribution in [0.25, 0.3) is 0 Å². The highest BCUT2D eigenvalue weighted by atomic mass is 32.2. The summed E-state index contributed by atoms with van der Waals surface area (Å²) >= 11 is 2.41. The Morgan fingerprint density at radius 2 is 2.19 bits per heavy atom. The van der Waals surface area contributed by atoms with Crippen molar-refractivity contribution in [3.63, 3.8) is 0 Å². The van der Waals surface area contributed by atoms with E-state index in [1.807, 2.05) is 18.9 Å². The Bertz CT molecular complexity index is 635. The number of aromatic nitrogens is 2. The lowest BCUT2D eigenvalue weighted by Gasteiger charge is -2.24. The maximum absolute atomic E-state index is 13.8. The molecule has 0 spiro atoms. The number of hydrogen-bond donors (Lipinski definition) is 1. The molecule has 1 atom stereocenters. The summed E-state index contributed by atoms with van der Waals surface area (Å²) in [5.41, 5.74) is 0.579. The Hall–Kier alpha value is -1.67. The fourth-order valence-corrected chi connectivity index (χ4v) is 3.32. The van der Waals surface area contributed by atoms with Crippen LogP contribution in [0.3, 0.4) is 0 Å². The van der Waals surface area contributed by atoms with Crippen LogP contribution in [0.2, 0.25) is 0 Å². The summed E-state index contributed by atoms with van der Waals surface area (Å²) in [5.74, 6) is -1.21. The number of halogens is 1. The zero-order valence-electron chi connectivity index (χ0n) is 11.5. The van der Waals surface area contributed by atoms with E-state index in [1.165, 1.54) is 17.4 Å². The molecule has 0 aliphatic carbocycles. The summed E-state index contributed by atoms with van der Waals surface area (Å²) in [6.45, 7) is 1.88. The van der Waals surface area contributed by atoms with E-state index in [4.69, 9.17) is 5.11 Å². The molecule has 1 N–H and O–H groups in total. The van der Waals surface area contributed by atoms with Gasteiger partial charge in [-0.25, -0.2) is 4.39 Å². The van der Waals surface area contributed by atoms with E-state index in [9.17, 15) is 9.18 Å². The van der Waals surface area contributed by atoms with Crippen molar-refractivity contribution in [2.45, 2.75) is 17.3 Å². The molecule has 112 valence electrons. The standard InChI is InChI=1S/C13H14FN3O2S2/c1-8(9-5-3-4-6-10(9)14)17(2)12-15-16-13(21-12)20-7-11(18)19/h3-6,8H,7H2,1-2H3,(H,18,19). The summed E-state index contributed by atoms with van der Waals surface area (Å²) in [4.78, 5) is 12.3. The fourth-order valence-electron chi connectivity index (χ4n) is 1.72. The second-order valence-corrected chi connectivity index (χ2v) is 6.52. The SMILES string of the molecule is CC(c1ccccc1F)N(C)c1nnc(SCC(=O)O)s1. The molecule has 1 aromatic heterocycles. The normalized spacial score (nSPS) is 12.1. The van der Waals surface area contributed by atoms with Gasteiger partial charge in [-0.2, -0.15) is 0 Å². The van der Waals surface area contributed by atoms with Crippen molar-refractivity contribution >= 4 is 34.2 Å². The second-order valence-electron chi connectivity index (χ2n) is 4.34. The van der Waals surface area contributed by atoms with E-state index in [-0.39, 0.29) is 17.6 Å². The van der Waals surface area contributed by atoms with E-state index >= 15 is 0 Å². The Labute approximate surface area is 129 Å². The van der Waals surface area contributed by atoms with Crippen LogP contribution in [0.1, 0.15) is 18.5 Å². The largest absolute Gasteiger partial charge is 0.481 e. The van der Waals surface area contributed by atoms with Crippen LogP contribution in [0.5, 0.6) is 0 Å². The van der Waals surface area contributed by atoms with Gasteiger partial charge < -0.3 is 10.0 Å². The second kappa shape index (κ2) is 6.86. The Balaban J connectivity index is 2.11. The maximum Gasteiger partial charge on any atom is 0.313 e. The van der Waals surface area contributed by atoms with Crippen molar-refractivity contribution in [3.05, 3.63) is 35.6 Å². The van der Waals surface area contributed by atoms with E-state index in [0.29, 0.717) is 15.0 Å². The van der Waals surface area contributed by atoms with Crippen LogP contribution < -0.4 is 4.90 Å². The number of carboxylic acids is 1. The van der Waals surface area contributed by atoms with Gasteiger partial charge in [0, 0.05) is 12.6 Å². The van der Waals surface area contributed by atoms with Gasteiger partial charge in [-0.1, -0.05) is 41.3 Å². The molecule has 5 nitrogen and oxygen atoms in total. The highest BCUT2D eigenvalue weighted by molar-refractivity contribution is 8.01. The third kappa shape index (κ3) is 3.92. The summed E-state index contributed by atoms with van der Waals surface area (Å²) in [6.07, 6.45) is 0. The van der Waals surface area contributed by atoms with Gasteiger partial charge in [-0.15, -0.1) is 10.2 Å². The van der Waals surface area contributed by atoms with Gasteiger partial charge in [0.1, 0.15) is 5.82 Å². The predicted molar refractivity (Wildman–Crippen MR) is 81.5 cm³/mol. The number of rotatable bonds is 6. The van der Waals surface area contributed by atoms with Crippen LogP contribution in [0, 0.1) is 5.82 Å². The lowest BCUT2D eigenvalue weighted by Crippen LogP contribution is -2.22. The molecule has 0 saturated carbocycles. The summed E-state index contributed by atoms with van der Waals surface area (Å²) in [7, 11) is 1.81. The van der Waals surface area contributed by atoms with Crippen molar-refractivity contribution in [2.24, 2.45) is 0 Å². The van der Waals surface area contributed by atoms with Crippen LogP contribution in [-0.2, 0) is 4.79 Å². The van der Waals surface area contributed by atoms with Gasteiger partial charge in [0.15, 0.2) is 4.34 Å². The number of carboxylic acid groups (broad SMARTS) is 1. The molecule has 0 aliphatic rings. The number of benzene rings is 1. The third-order valence-corrected chi connectivity index (χ3v) is 5.08. The molecule has 0 fully saturated rings. The van der Waals surface area contributed by atoms with E-state index < -0.39 is 5.97 Å². The Kier molecular flexibility index (Phi) is 5.13. The zero-order chi connectivity index (χ0) is 15.4. The molecule has 2 rings (SSSR count). The fraction of sp³-hybridized carbons (Fsp3) is 0.308. The molecule has 0 bridgehead atoms. The lowest BCUT2D eigenvalue weighted by molar-refractivity contribution is -0.133. The van der Waals surface area contributed by atoms with Crippen LogP contribution in [0.15, 0.2) is 28.6 Å². The highest BCUT2D eigenvalue weighted by Gasteiger charge is 2.19. The molecule has 1 unspecified atom stereocenters. The van der Waals surface area contributed by atoms with Gasteiger partial charge in [-0.05, 0) is 13.0 Å². The first-order chi connectivity index (χ1) is 9.99. The van der Waals surface area contributed by atoms with E-state index in [1.54, 1.807) is 18.2 Å². The van der Waals surface area contributed by atoms with Crippen molar-refractivity contribution in [1.29, 1.82) is 0 Å². The predicted octanol–water partition coefficient (Wildman–Crippen LogP) is 3.05. The van der Waals surface area contributed by atoms with Gasteiger partial charge in [0.2, 0.25) is 5.13 Å². The first kappa shape index (κ1) is 15.7. The minimum absolute atomic E-state index is 0.0544. The molecule has 0 radical (unpaired) electrons. The number of anilines is 1. The summed E-state index contributed by atoms with van der Waals surface area (Å²) in [6, 6.07) is 6.40. The minimum atomic E-state index is -0.898. The summed E-state index contributed by atoms with van der Waals surface area (Å²) < 4.78 is 14.4. The molecule has 8 heteroatoms. The summed E-state index contributed by atoms with van der Waals surface area (Å²) in [5, 5.41) is 17.2. The molecule has 1 aromatic carbocycles. The smallest absolute Gasteiger partial charge is 0.313 e. The van der Waals surface area contributed by atoms with E-state index in [2.05, 4.69) is 10.2 Å². The number of hydrogen-bond acceptors (Lipinski definition) is 6. The third-order valence-electron chi connectivity index (χ3n) is 2.95. The molecular formula is C13H14FN3O2S2.